The van der Waals surface area contributed by atoms with Crippen LogP contribution in [0.25, 0.3) is 0 Å². The molecule has 0 bridgehead atoms. The van der Waals surface area contributed by atoms with Crippen LogP contribution in [0.4, 0.5) is 0 Å². The number of aliphatic carboxylic acids is 1. The van der Waals surface area contributed by atoms with Crippen LogP contribution in [0.15, 0.2) is 0 Å². The van der Waals surface area contributed by atoms with Gasteiger partial charge in [-0.1, -0.05) is 6.92 Å². The Labute approximate surface area is 131 Å². The average Bonchev–Trinajstić information content (AvgIpc) is 2.48. The lowest BCUT2D eigenvalue weighted by Gasteiger charge is -2.39. The van der Waals surface area contributed by atoms with Crippen molar-refractivity contribution in [3.8, 4) is 0 Å². The molecule has 5 nitrogen and oxygen atoms in total. The van der Waals surface area contributed by atoms with E-state index in [9.17, 15) is 9.59 Å². The van der Waals surface area contributed by atoms with Gasteiger partial charge in [-0.05, 0) is 25.7 Å². The zero-order valence-electron chi connectivity index (χ0n) is 12.8. The SMILES string of the molecule is CCC1CCCCN1C(=O)CN1CCSCC1CC(=O)O. The smallest absolute Gasteiger partial charge is 0.304 e. The Hall–Kier alpha value is -0.750. The van der Waals surface area contributed by atoms with Gasteiger partial charge in [0.25, 0.3) is 0 Å². The zero-order chi connectivity index (χ0) is 15.2. The van der Waals surface area contributed by atoms with Crippen LogP contribution in [-0.2, 0) is 9.59 Å². The van der Waals surface area contributed by atoms with E-state index in [2.05, 4.69) is 11.8 Å². The van der Waals surface area contributed by atoms with E-state index < -0.39 is 5.97 Å². The molecule has 2 fully saturated rings. The standard InChI is InChI=1S/C15H26N2O3S/c1-2-12-5-3-4-6-17(12)14(18)10-16-7-8-21-11-13(16)9-15(19)20/h12-13H,2-11H2,1H3,(H,19,20). The normalized spacial score (nSPS) is 27.6. The molecule has 0 saturated carbocycles. The van der Waals surface area contributed by atoms with E-state index in [1.54, 1.807) is 11.8 Å². The van der Waals surface area contributed by atoms with Gasteiger partial charge in [0.2, 0.25) is 5.91 Å². The van der Waals surface area contributed by atoms with Gasteiger partial charge < -0.3 is 10.0 Å². The van der Waals surface area contributed by atoms with Crippen LogP contribution in [-0.4, -0.2) is 70.0 Å². The first-order valence-electron chi connectivity index (χ1n) is 7.95. The van der Waals surface area contributed by atoms with Crippen molar-refractivity contribution in [2.75, 3.05) is 31.1 Å². The number of nitrogens with zero attached hydrogens (tertiary/aromatic N) is 2. The zero-order valence-corrected chi connectivity index (χ0v) is 13.6. The fraction of sp³-hybridized carbons (Fsp3) is 0.867. The van der Waals surface area contributed by atoms with Gasteiger partial charge in [-0.15, -0.1) is 0 Å². The van der Waals surface area contributed by atoms with E-state index >= 15 is 0 Å². The van der Waals surface area contributed by atoms with Crippen molar-refractivity contribution in [2.24, 2.45) is 0 Å². The highest BCUT2D eigenvalue weighted by molar-refractivity contribution is 7.99. The lowest BCUT2D eigenvalue weighted by atomic mass is 10.00. The van der Waals surface area contributed by atoms with Gasteiger partial charge in [0, 0.05) is 36.7 Å². The second-order valence-corrected chi connectivity index (χ2v) is 7.09. The largest absolute Gasteiger partial charge is 0.481 e. The van der Waals surface area contributed by atoms with Crippen LogP contribution in [0.5, 0.6) is 0 Å². The summed E-state index contributed by atoms with van der Waals surface area (Å²) in [6.45, 7) is 4.21. The monoisotopic (exact) mass is 314 g/mol. The Bertz CT molecular complexity index is 378. The molecule has 0 aliphatic carbocycles. The average molecular weight is 314 g/mol. The summed E-state index contributed by atoms with van der Waals surface area (Å²) in [6, 6.07) is 0.374. The summed E-state index contributed by atoms with van der Waals surface area (Å²) in [6.07, 6.45) is 4.56. The van der Waals surface area contributed by atoms with Crippen LogP contribution in [0.3, 0.4) is 0 Å². The van der Waals surface area contributed by atoms with Crippen molar-refractivity contribution >= 4 is 23.6 Å². The first-order chi connectivity index (χ1) is 10.1. The maximum absolute atomic E-state index is 12.6. The predicted octanol–water partition coefficient (Wildman–Crippen LogP) is 1.67. The van der Waals surface area contributed by atoms with Crippen molar-refractivity contribution in [1.29, 1.82) is 0 Å². The summed E-state index contributed by atoms with van der Waals surface area (Å²) in [4.78, 5) is 27.7. The number of amides is 1. The van der Waals surface area contributed by atoms with Gasteiger partial charge in [0.1, 0.15) is 0 Å². The molecule has 0 spiro atoms. The van der Waals surface area contributed by atoms with E-state index in [0.29, 0.717) is 12.6 Å². The Morgan fingerprint density at radius 3 is 2.76 bits per heavy atom. The number of piperidine rings is 1. The Morgan fingerprint density at radius 1 is 1.24 bits per heavy atom. The Morgan fingerprint density at radius 2 is 2.05 bits per heavy atom. The summed E-state index contributed by atoms with van der Waals surface area (Å²) >= 11 is 1.79. The topological polar surface area (TPSA) is 60.9 Å². The highest BCUT2D eigenvalue weighted by atomic mass is 32.2. The third-order valence-corrected chi connectivity index (χ3v) is 5.61. The molecule has 0 aromatic carbocycles. The Balaban J connectivity index is 1.94. The van der Waals surface area contributed by atoms with Crippen molar-refractivity contribution in [3.63, 3.8) is 0 Å². The molecule has 2 aliphatic rings. The fourth-order valence-electron chi connectivity index (χ4n) is 3.30. The highest BCUT2D eigenvalue weighted by Gasteiger charge is 2.30. The number of hydrogen-bond acceptors (Lipinski definition) is 4. The maximum atomic E-state index is 12.6. The summed E-state index contributed by atoms with van der Waals surface area (Å²) in [7, 11) is 0. The lowest BCUT2D eigenvalue weighted by Crippen LogP contribution is -2.52. The molecule has 0 radical (unpaired) electrons. The van der Waals surface area contributed by atoms with E-state index in [0.717, 1.165) is 43.9 Å². The van der Waals surface area contributed by atoms with E-state index in [1.807, 2.05) is 4.90 Å². The number of carboxylic acids is 1. The van der Waals surface area contributed by atoms with Crippen LogP contribution in [0.1, 0.15) is 39.0 Å². The lowest BCUT2D eigenvalue weighted by molar-refractivity contribution is -0.141. The molecule has 2 rings (SSSR count). The van der Waals surface area contributed by atoms with Crippen LogP contribution in [0.2, 0.25) is 0 Å². The number of hydrogen-bond donors (Lipinski definition) is 1. The quantitative estimate of drug-likeness (QED) is 0.836. The summed E-state index contributed by atoms with van der Waals surface area (Å²) < 4.78 is 0. The summed E-state index contributed by atoms with van der Waals surface area (Å²) in [5, 5.41) is 9.02. The molecule has 21 heavy (non-hydrogen) atoms. The minimum Gasteiger partial charge on any atom is -0.481 e. The van der Waals surface area contributed by atoms with Gasteiger partial charge in [-0.25, -0.2) is 0 Å². The summed E-state index contributed by atoms with van der Waals surface area (Å²) in [5.74, 6) is 1.21. The van der Waals surface area contributed by atoms with E-state index in [-0.39, 0.29) is 18.4 Å². The first-order valence-corrected chi connectivity index (χ1v) is 9.10. The van der Waals surface area contributed by atoms with Gasteiger partial charge >= 0.3 is 5.97 Å². The number of thioether (sulfide) groups is 1. The second kappa shape index (κ2) is 8.03. The van der Waals surface area contributed by atoms with Crippen molar-refractivity contribution in [1.82, 2.24) is 9.80 Å². The molecule has 2 heterocycles. The molecule has 0 aromatic rings. The molecule has 120 valence electrons. The number of carboxylic acid groups (broad SMARTS) is 1. The fourth-order valence-corrected chi connectivity index (χ4v) is 4.44. The van der Waals surface area contributed by atoms with Gasteiger partial charge in [0.15, 0.2) is 0 Å². The first kappa shape index (κ1) is 16.6. The molecule has 6 heteroatoms. The number of carbonyl (C=O) groups excluding carboxylic acids is 1. The van der Waals surface area contributed by atoms with Gasteiger partial charge in [0.05, 0.1) is 13.0 Å². The minimum absolute atomic E-state index is 0.00457. The third kappa shape index (κ3) is 4.61. The molecular formula is C15H26N2O3S. The third-order valence-electron chi connectivity index (χ3n) is 4.52. The molecule has 2 saturated heterocycles. The molecule has 2 unspecified atom stereocenters. The number of rotatable bonds is 5. The maximum Gasteiger partial charge on any atom is 0.304 e. The molecule has 1 amide bonds. The highest BCUT2D eigenvalue weighted by Crippen LogP contribution is 2.22. The summed E-state index contributed by atoms with van der Waals surface area (Å²) in [5.41, 5.74) is 0. The van der Waals surface area contributed by atoms with Crippen LogP contribution >= 0.6 is 11.8 Å². The van der Waals surface area contributed by atoms with E-state index in [1.165, 1.54) is 6.42 Å². The Kier molecular flexibility index (Phi) is 6.36. The molecule has 1 N–H and O–H groups in total. The van der Waals surface area contributed by atoms with Crippen molar-refractivity contribution < 1.29 is 14.7 Å². The van der Waals surface area contributed by atoms with Gasteiger partial charge in [-0.3, -0.25) is 14.5 Å². The number of carbonyl (C=O) groups is 2. The molecular weight excluding hydrogens is 288 g/mol. The van der Waals surface area contributed by atoms with E-state index in [4.69, 9.17) is 5.11 Å². The van der Waals surface area contributed by atoms with Crippen LogP contribution in [0, 0.1) is 0 Å². The molecule has 2 aliphatic heterocycles. The predicted molar refractivity (Wildman–Crippen MR) is 84.6 cm³/mol. The molecule has 2 atom stereocenters. The number of likely N-dealkylation sites (tertiary alicyclic amines) is 1. The molecule has 0 aromatic heterocycles. The minimum atomic E-state index is -0.774. The second-order valence-electron chi connectivity index (χ2n) is 5.94. The van der Waals surface area contributed by atoms with Gasteiger partial charge in [-0.2, -0.15) is 11.8 Å². The van der Waals surface area contributed by atoms with Crippen LogP contribution < -0.4 is 0 Å². The van der Waals surface area contributed by atoms with Crippen molar-refractivity contribution in [3.05, 3.63) is 0 Å². The van der Waals surface area contributed by atoms with Crippen molar-refractivity contribution in [2.45, 2.75) is 51.1 Å².